The molecule has 1 atom stereocenters. The van der Waals surface area contributed by atoms with Gasteiger partial charge in [0.25, 0.3) is 5.91 Å². The summed E-state index contributed by atoms with van der Waals surface area (Å²) in [6.45, 7) is 1.45. The van der Waals surface area contributed by atoms with Gasteiger partial charge < -0.3 is 10.5 Å². The second-order valence-electron chi connectivity index (χ2n) is 3.17. The maximum atomic E-state index is 11.3. The minimum absolute atomic E-state index is 0.202. The standard InChI is InChI=1S/C10H10Cl2N2O3/c1-5(9(15)14-10(13)16)17-7-4-2-3-6(11)8(7)12/h2-5H,1H3,(H3,13,14,15,16). The molecule has 0 fully saturated rings. The summed E-state index contributed by atoms with van der Waals surface area (Å²) < 4.78 is 5.25. The Hall–Kier alpha value is -1.46. The molecule has 0 aromatic heterocycles. The molecule has 0 radical (unpaired) electrons. The van der Waals surface area contributed by atoms with Crippen molar-refractivity contribution >= 4 is 35.1 Å². The number of ether oxygens (including phenoxy) is 1. The van der Waals surface area contributed by atoms with Crippen molar-refractivity contribution in [3.05, 3.63) is 28.2 Å². The van der Waals surface area contributed by atoms with E-state index in [-0.39, 0.29) is 10.8 Å². The Balaban J connectivity index is 2.74. The van der Waals surface area contributed by atoms with Crippen molar-refractivity contribution < 1.29 is 14.3 Å². The van der Waals surface area contributed by atoms with E-state index in [1.807, 2.05) is 5.32 Å². The molecule has 1 rings (SSSR count). The van der Waals surface area contributed by atoms with Crippen LogP contribution in [0.25, 0.3) is 0 Å². The maximum absolute atomic E-state index is 11.3. The lowest BCUT2D eigenvalue weighted by Crippen LogP contribution is -2.42. The van der Waals surface area contributed by atoms with Crippen LogP contribution >= 0.6 is 23.2 Å². The molecule has 92 valence electrons. The number of nitrogens with two attached hydrogens (primary N) is 1. The number of rotatable bonds is 3. The molecule has 7 heteroatoms. The topological polar surface area (TPSA) is 81.4 Å². The largest absolute Gasteiger partial charge is 0.479 e. The lowest BCUT2D eigenvalue weighted by Gasteiger charge is -2.14. The average molecular weight is 277 g/mol. The molecular weight excluding hydrogens is 267 g/mol. The summed E-state index contributed by atoms with van der Waals surface area (Å²) in [5, 5.41) is 2.41. The third-order valence-corrected chi connectivity index (χ3v) is 2.64. The Kier molecular flexibility index (Phi) is 4.60. The van der Waals surface area contributed by atoms with E-state index in [9.17, 15) is 9.59 Å². The molecule has 0 saturated heterocycles. The molecule has 0 spiro atoms. The molecule has 0 aliphatic heterocycles. The van der Waals surface area contributed by atoms with Crippen LogP contribution in [0.5, 0.6) is 5.75 Å². The van der Waals surface area contributed by atoms with Crippen LogP contribution < -0.4 is 15.8 Å². The smallest absolute Gasteiger partial charge is 0.318 e. The van der Waals surface area contributed by atoms with Gasteiger partial charge in [0.15, 0.2) is 6.10 Å². The van der Waals surface area contributed by atoms with E-state index < -0.39 is 18.0 Å². The number of urea groups is 1. The number of primary amides is 1. The summed E-state index contributed by atoms with van der Waals surface area (Å²) >= 11 is 11.6. The first-order valence-electron chi connectivity index (χ1n) is 4.62. The quantitative estimate of drug-likeness (QED) is 0.886. The molecule has 5 nitrogen and oxygen atoms in total. The van der Waals surface area contributed by atoms with Crippen molar-refractivity contribution in [2.45, 2.75) is 13.0 Å². The van der Waals surface area contributed by atoms with Crippen molar-refractivity contribution in [2.24, 2.45) is 5.73 Å². The minimum Gasteiger partial charge on any atom is -0.479 e. The summed E-state index contributed by atoms with van der Waals surface area (Å²) in [5.74, 6) is -0.403. The Morgan fingerprint density at radius 1 is 1.41 bits per heavy atom. The summed E-state index contributed by atoms with van der Waals surface area (Å²) in [5.41, 5.74) is 4.80. The summed E-state index contributed by atoms with van der Waals surface area (Å²) in [6.07, 6.45) is -0.918. The predicted octanol–water partition coefficient (Wildman–Crippen LogP) is 1.96. The number of benzene rings is 1. The Morgan fingerprint density at radius 3 is 2.65 bits per heavy atom. The average Bonchev–Trinajstić information content (AvgIpc) is 2.23. The predicted molar refractivity (Wildman–Crippen MR) is 64.3 cm³/mol. The van der Waals surface area contributed by atoms with Crippen LogP contribution in [0.3, 0.4) is 0 Å². The van der Waals surface area contributed by atoms with Crippen LogP contribution in [0.2, 0.25) is 10.0 Å². The van der Waals surface area contributed by atoms with Crippen molar-refractivity contribution in [1.29, 1.82) is 0 Å². The fourth-order valence-electron chi connectivity index (χ4n) is 1.04. The number of hydrogen-bond acceptors (Lipinski definition) is 3. The van der Waals surface area contributed by atoms with E-state index in [0.29, 0.717) is 5.02 Å². The Bertz CT molecular complexity index is 451. The number of carbonyl (C=O) groups excluding carboxylic acids is 2. The van der Waals surface area contributed by atoms with Crippen molar-refractivity contribution in [1.82, 2.24) is 5.32 Å². The number of imide groups is 1. The highest BCUT2D eigenvalue weighted by Crippen LogP contribution is 2.31. The first kappa shape index (κ1) is 13.6. The van der Waals surface area contributed by atoms with Gasteiger partial charge in [0.2, 0.25) is 0 Å². The molecule has 0 aliphatic carbocycles. The highest BCUT2D eigenvalue weighted by Gasteiger charge is 2.17. The molecule has 17 heavy (non-hydrogen) atoms. The summed E-state index contributed by atoms with van der Waals surface area (Å²) in [6, 6.07) is 3.83. The second-order valence-corrected chi connectivity index (χ2v) is 3.95. The van der Waals surface area contributed by atoms with E-state index in [1.54, 1.807) is 18.2 Å². The molecule has 3 amide bonds. The first-order chi connectivity index (χ1) is 7.91. The molecule has 0 aliphatic rings. The van der Waals surface area contributed by atoms with Gasteiger partial charge in [0.05, 0.1) is 5.02 Å². The van der Waals surface area contributed by atoms with Crippen LogP contribution in [0.1, 0.15) is 6.92 Å². The fraction of sp³-hybridized carbons (Fsp3) is 0.200. The minimum atomic E-state index is -0.942. The normalized spacial score (nSPS) is 11.7. The van der Waals surface area contributed by atoms with Crippen LogP contribution in [0.4, 0.5) is 4.79 Å². The molecule has 0 bridgehead atoms. The number of carbonyl (C=O) groups is 2. The van der Waals surface area contributed by atoms with Crippen LogP contribution in [0.15, 0.2) is 18.2 Å². The SMILES string of the molecule is CC(Oc1cccc(Cl)c1Cl)C(=O)NC(N)=O. The zero-order chi connectivity index (χ0) is 13.0. The molecule has 1 aromatic rings. The molecule has 0 heterocycles. The van der Waals surface area contributed by atoms with Gasteiger partial charge in [-0.15, -0.1) is 0 Å². The second kappa shape index (κ2) is 5.75. The lowest BCUT2D eigenvalue weighted by molar-refractivity contribution is -0.126. The molecule has 1 aromatic carbocycles. The van der Waals surface area contributed by atoms with Gasteiger partial charge in [-0.05, 0) is 19.1 Å². The molecular formula is C10H10Cl2N2O3. The molecule has 1 unspecified atom stereocenters. The summed E-state index contributed by atoms with van der Waals surface area (Å²) in [4.78, 5) is 21.8. The van der Waals surface area contributed by atoms with E-state index >= 15 is 0 Å². The van der Waals surface area contributed by atoms with E-state index in [0.717, 1.165) is 0 Å². The number of amides is 3. The van der Waals surface area contributed by atoms with Crippen molar-refractivity contribution in [3.63, 3.8) is 0 Å². The van der Waals surface area contributed by atoms with Gasteiger partial charge in [-0.3, -0.25) is 10.1 Å². The highest BCUT2D eigenvalue weighted by atomic mass is 35.5. The van der Waals surface area contributed by atoms with Crippen LogP contribution in [-0.2, 0) is 4.79 Å². The van der Waals surface area contributed by atoms with E-state index in [2.05, 4.69) is 0 Å². The third kappa shape index (κ3) is 3.80. The zero-order valence-corrected chi connectivity index (χ0v) is 10.4. The monoisotopic (exact) mass is 276 g/mol. The highest BCUT2D eigenvalue weighted by molar-refractivity contribution is 6.42. The maximum Gasteiger partial charge on any atom is 0.318 e. The van der Waals surface area contributed by atoms with Crippen LogP contribution in [0, 0.1) is 0 Å². The van der Waals surface area contributed by atoms with Gasteiger partial charge in [0, 0.05) is 0 Å². The Labute approximate surface area is 108 Å². The van der Waals surface area contributed by atoms with Gasteiger partial charge in [-0.2, -0.15) is 0 Å². The number of halogens is 2. The first-order valence-corrected chi connectivity index (χ1v) is 5.38. The van der Waals surface area contributed by atoms with Crippen molar-refractivity contribution in [2.75, 3.05) is 0 Å². The number of nitrogens with one attached hydrogen (secondary N) is 1. The lowest BCUT2D eigenvalue weighted by atomic mass is 10.3. The van der Waals surface area contributed by atoms with E-state index in [1.165, 1.54) is 6.92 Å². The van der Waals surface area contributed by atoms with Gasteiger partial charge in [-0.1, -0.05) is 29.3 Å². The Morgan fingerprint density at radius 2 is 2.06 bits per heavy atom. The van der Waals surface area contributed by atoms with Gasteiger partial charge in [0.1, 0.15) is 10.8 Å². The number of hydrogen-bond donors (Lipinski definition) is 2. The summed E-state index contributed by atoms with van der Waals surface area (Å²) in [7, 11) is 0. The zero-order valence-electron chi connectivity index (χ0n) is 8.87. The van der Waals surface area contributed by atoms with Crippen molar-refractivity contribution in [3.8, 4) is 5.75 Å². The third-order valence-electron chi connectivity index (χ3n) is 1.84. The fourth-order valence-corrected chi connectivity index (χ4v) is 1.38. The van der Waals surface area contributed by atoms with Gasteiger partial charge >= 0.3 is 6.03 Å². The van der Waals surface area contributed by atoms with Crippen LogP contribution in [-0.4, -0.2) is 18.0 Å². The van der Waals surface area contributed by atoms with Gasteiger partial charge in [-0.25, -0.2) is 4.79 Å². The molecule has 0 saturated carbocycles. The van der Waals surface area contributed by atoms with E-state index in [4.69, 9.17) is 33.7 Å². The molecule has 3 N–H and O–H groups in total.